The molecule has 32 heavy (non-hydrogen) atoms. The van der Waals surface area contributed by atoms with E-state index in [0.717, 1.165) is 53.1 Å². The minimum atomic E-state index is 0.170. The maximum atomic E-state index is 12.7. The Labute approximate surface area is 196 Å². The number of hydrogen-bond acceptors (Lipinski definition) is 6. The van der Waals surface area contributed by atoms with Crippen LogP contribution in [0.25, 0.3) is 11.0 Å². The minimum absolute atomic E-state index is 0.170. The summed E-state index contributed by atoms with van der Waals surface area (Å²) in [6.45, 7) is 10.7. The highest BCUT2D eigenvalue weighted by Crippen LogP contribution is 2.32. The van der Waals surface area contributed by atoms with Crippen molar-refractivity contribution in [2.45, 2.75) is 84.3 Å². The lowest BCUT2D eigenvalue weighted by Gasteiger charge is -2.27. The number of nitrogens with zero attached hydrogens (tertiary/aromatic N) is 4. The van der Waals surface area contributed by atoms with E-state index in [1.165, 1.54) is 32.1 Å². The molecule has 3 rings (SSSR count). The number of carbonyl (C=O) groups is 1. The normalized spacial score (nSPS) is 18.9. The summed E-state index contributed by atoms with van der Waals surface area (Å²) in [6.07, 6.45) is 10.2. The Balaban J connectivity index is 1.57. The molecule has 0 radical (unpaired) electrons. The van der Waals surface area contributed by atoms with E-state index in [2.05, 4.69) is 48.4 Å². The lowest BCUT2D eigenvalue weighted by Crippen LogP contribution is -2.35. The first kappa shape index (κ1) is 24.8. The molecule has 0 aromatic carbocycles. The van der Waals surface area contributed by atoms with Crippen LogP contribution in [0.3, 0.4) is 0 Å². The summed E-state index contributed by atoms with van der Waals surface area (Å²) in [6, 6.07) is 0. The molecule has 1 aliphatic rings. The zero-order chi connectivity index (χ0) is 22.9. The number of nitrogens with one attached hydrogen (secondary N) is 2. The Morgan fingerprint density at radius 2 is 2.00 bits per heavy atom. The first-order chi connectivity index (χ1) is 15.5. The molecule has 1 amide bonds. The first-order valence-electron chi connectivity index (χ1n) is 12.4. The standard InChI is InChI=1S/C24H40N6OS/c1-5-7-8-18-9-11-19(12-10-18)23(31)25-13-14-30-22-20(16-27-30)21(26-15-17(3)4)28-24(29-22)32-6-2/h16-19H,5-15H2,1-4H3,(H,25,31)(H,26,28,29). The van der Waals surface area contributed by atoms with Gasteiger partial charge in [-0.05, 0) is 43.3 Å². The summed E-state index contributed by atoms with van der Waals surface area (Å²) < 4.78 is 1.89. The molecule has 2 aromatic rings. The van der Waals surface area contributed by atoms with Crippen molar-refractivity contribution in [1.82, 2.24) is 25.1 Å². The van der Waals surface area contributed by atoms with Gasteiger partial charge in [0.1, 0.15) is 5.82 Å². The van der Waals surface area contributed by atoms with Gasteiger partial charge in [0.05, 0.1) is 18.1 Å². The molecule has 0 saturated heterocycles. The Hall–Kier alpha value is -1.83. The van der Waals surface area contributed by atoms with Crippen LogP contribution in [0.2, 0.25) is 0 Å². The zero-order valence-electron chi connectivity index (χ0n) is 20.2. The molecule has 7 nitrogen and oxygen atoms in total. The van der Waals surface area contributed by atoms with Gasteiger partial charge in [-0.2, -0.15) is 5.10 Å². The molecule has 1 aliphatic carbocycles. The highest BCUT2D eigenvalue weighted by Gasteiger charge is 2.25. The van der Waals surface area contributed by atoms with Crippen LogP contribution >= 0.6 is 11.8 Å². The average molecular weight is 461 g/mol. The van der Waals surface area contributed by atoms with Crippen molar-refractivity contribution in [3.05, 3.63) is 6.20 Å². The molecule has 8 heteroatoms. The predicted molar refractivity (Wildman–Crippen MR) is 133 cm³/mol. The van der Waals surface area contributed by atoms with E-state index in [0.29, 0.717) is 19.0 Å². The summed E-state index contributed by atoms with van der Waals surface area (Å²) >= 11 is 1.63. The molecule has 2 aromatic heterocycles. The molecule has 2 heterocycles. The molecule has 0 unspecified atom stereocenters. The summed E-state index contributed by atoms with van der Waals surface area (Å²) in [7, 11) is 0. The van der Waals surface area contributed by atoms with E-state index in [-0.39, 0.29) is 11.8 Å². The van der Waals surface area contributed by atoms with Gasteiger partial charge in [-0.1, -0.05) is 58.7 Å². The summed E-state index contributed by atoms with van der Waals surface area (Å²) in [4.78, 5) is 22.1. The van der Waals surface area contributed by atoms with Gasteiger partial charge in [-0.15, -0.1) is 0 Å². The number of unbranched alkanes of at least 4 members (excludes halogenated alkanes) is 1. The van der Waals surface area contributed by atoms with Crippen molar-refractivity contribution >= 4 is 34.5 Å². The maximum absolute atomic E-state index is 12.7. The lowest BCUT2D eigenvalue weighted by atomic mass is 9.79. The van der Waals surface area contributed by atoms with Crippen LogP contribution in [0, 0.1) is 17.8 Å². The second-order valence-corrected chi connectivity index (χ2v) is 10.5. The third-order valence-corrected chi connectivity index (χ3v) is 6.96. The fourth-order valence-corrected chi connectivity index (χ4v) is 4.93. The largest absolute Gasteiger partial charge is 0.369 e. The fourth-order valence-electron chi connectivity index (χ4n) is 4.36. The first-order valence-corrected chi connectivity index (χ1v) is 13.4. The molecular formula is C24H40N6OS. The molecule has 1 fully saturated rings. The van der Waals surface area contributed by atoms with Crippen molar-refractivity contribution < 1.29 is 4.79 Å². The Morgan fingerprint density at radius 3 is 2.69 bits per heavy atom. The molecular weight excluding hydrogens is 420 g/mol. The quantitative estimate of drug-likeness (QED) is 0.338. The predicted octanol–water partition coefficient (Wildman–Crippen LogP) is 5.12. The van der Waals surface area contributed by atoms with E-state index in [4.69, 9.17) is 4.98 Å². The van der Waals surface area contributed by atoms with Crippen molar-refractivity contribution in [2.24, 2.45) is 17.8 Å². The molecule has 0 spiro atoms. The Kier molecular flexibility index (Phi) is 9.63. The number of anilines is 1. The topological polar surface area (TPSA) is 84.7 Å². The lowest BCUT2D eigenvalue weighted by molar-refractivity contribution is -0.126. The van der Waals surface area contributed by atoms with Crippen LogP contribution in [0.1, 0.15) is 72.6 Å². The number of thioether (sulfide) groups is 1. The van der Waals surface area contributed by atoms with E-state index in [1.54, 1.807) is 11.8 Å². The van der Waals surface area contributed by atoms with Crippen LogP contribution in [-0.2, 0) is 11.3 Å². The average Bonchev–Trinajstić information content (AvgIpc) is 3.19. The summed E-state index contributed by atoms with van der Waals surface area (Å²) in [5, 5.41) is 12.8. The van der Waals surface area contributed by atoms with Crippen molar-refractivity contribution in [2.75, 3.05) is 24.2 Å². The number of amides is 1. The van der Waals surface area contributed by atoms with Gasteiger partial charge in [0.2, 0.25) is 5.91 Å². The van der Waals surface area contributed by atoms with Gasteiger partial charge >= 0.3 is 0 Å². The SMILES string of the molecule is CCCCC1CCC(C(=O)NCCn2ncc3c(NCC(C)C)nc(SCC)nc32)CC1. The van der Waals surface area contributed by atoms with Gasteiger partial charge in [-0.25, -0.2) is 14.6 Å². The smallest absolute Gasteiger partial charge is 0.223 e. The molecule has 0 bridgehead atoms. The number of rotatable bonds is 12. The third kappa shape index (κ3) is 6.83. The maximum Gasteiger partial charge on any atom is 0.223 e. The van der Waals surface area contributed by atoms with Crippen molar-refractivity contribution in [1.29, 1.82) is 0 Å². The fraction of sp³-hybridized carbons (Fsp3) is 0.750. The second kappa shape index (κ2) is 12.4. The summed E-state index contributed by atoms with van der Waals surface area (Å²) in [5.41, 5.74) is 0.827. The van der Waals surface area contributed by atoms with E-state index < -0.39 is 0 Å². The number of carbonyl (C=O) groups excluding carboxylic acids is 1. The van der Waals surface area contributed by atoms with Gasteiger partial charge in [-0.3, -0.25) is 4.79 Å². The Morgan fingerprint density at radius 1 is 1.22 bits per heavy atom. The van der Waals surface area contributed by atoms with E-state index in [9.17, 15) is 4.79 Å². The van der Waals surface area contributed by atoms with Gasteiger partial charge in [0, 0.05) is 19.0 Å². The second-order valence-electron chi connectivity index (χ2n) is 9.32. The number of fused-ring (bicyclic) bond motifs is 1. The molecule has 0 aliphatic heterocycles. The van der Waals surface area contributed by atoms with Crippen molar-refractivity contribution in [3.8, 4) is 0 Å². The van der Waals surface area contributed by atoms with E-state index in [1.807, 2.05) is 10.9 Å². The highest BCUT2D eigenvalue weighted by atomic mass is 32.2. The van der Waals surface area contributed by atoms with Gasteiger partial charge in [0.25, 0.3) is 0 Å². The molecule has 2 N–H and O–H groups in total. The Bertz CT molecular complexity index is 860. The minimum Gasteiger partial charge on any atom is -0.369 e. The van der Waals surface area contributed by atoms with E-state index >= 15 is 0 Å². The summed E-state index contributed by atoms with van der Waals surface area (Å²) in [5.74, 6) is 3.47. The van der Waals surface area contributed by atoms with Crippen LogP contribution < -0.4 is 10.6 Å². The molecule has 0 atom stereocenters. The molecule has 178 valence electrons. The number of aromatic nitrogens is 4. The van der Waals surface area contributed by atoms with Gasteiger partial charge < -0.3 is 10.6 Å². The zero-order valence-corrected chi connectivity index (χ0v) is 21.0. The van der Waals surface area contributed by atoms with Crippen LogP contribution in [0.15, 0.2) is 11.4 Å². The monoisotopic (exact) mass is 460 g/mol. The van der Waals surface area contributed by atoms with Crippen molar-refractivity contribution in [3.63, 3.8) is 0 Å². The third-order valence-electron chi connectivity index (χ3n) is 6.23. The van der Waals surface area contributed by atoms with Crippen LogP contribution in [0.4, 0.5) is 5.82 Å². The van der Waals surface area contributed by atoms with Gasteiger partial charge in [0.15, 0.2) is 10.8 Å². The van der Waals surface area contributed by atoms with Crippen LogP contribution in [0.5, 0.6) is 0 Å². The highest BCUT2D eigenvalue weighted by molar-refractivity contribution is 7.99. The number of hydrogen-bond donors (Lipinski definition) is 2. The molecule has 1 saturated carbocycles. The van der Waals surface area contributed by atoms with Crippen LogP contribution in [-0.4, -0.2) is 44.5 Å².